The van der Waals surface area contributed by atoms with Crippen molar-refractivity contribution < 1.29 is 9.59 Å². The molecule has 3 aromatic rings. The van der Waals surface area contributed by atoms with Crippen molar-refractivity contribution in [3.05, 3.63) is 100 Å². The molecule has 0 radical (unpaired) electrons. The van der Waals surface area contributed by atoms with Crippen molar-refractivity contribution in [1.29, 1.82) is 0 Å². The highest BCUT2D eigenvalue weighted by atomic mass is 32.2. The fourth-order valence-corrected chi connectivity index (χ4v) is 6.71. The van der Waals surface area contributed by atoms with Crippen molar-refractivity contribution in [2.24, 2.45) is 5.10 Å². The van der Waals surface area contributed by atoms with E-state index in [1.165, 1.54) is 30.4 Å². The van der Waals surface area contributed by atoms with Gasteiger partial charge in [-0.05, 0) is 61.5 Å². The summed E-state index contributed by atoms with van der Waals surface area (Å²) < 4.78 is -0.995. The SMILES string of the molecule is CC(=O)C1=NN(c2ccc(C)cc2)C2(SC(=Cc3ccc(C)cc3)C(=O)N2c2ccccc2)S1. The number of benzene rings is 3. The highest BCUT2D eigenvalue weighted by Crippen LogP contribution is 2.59. The Balaban J connectivity index is 1.68. The molecule has 1 amide bonds. The van der Waals surface area contributed by atoms with E-state index in [1.807, 2.05) is 98.8 Å². The number of carbonyl (C=O) groups excluding carboxylic acids is 2. The Morgan fingerprint density at radius 2 is 1.47 bits per heavy atom. The Hall–Kier alpha value is -3.29. The minimum Gasteiger partial charge on any atom is -0.292 e. The number of nitrogens with zero attached hydrogens (tertiary/aromatic N) is 3. The van der Waals surface area contributed by atoms with Gasteiger partial charge in [0.2, 0.25) is 4.33 Å². The maximum Gasteiger partial charge on any atom is 0.268 e. The maximum absolute atomic E-state index is 13.9. The molecular formula is C27H23N3O2S2. The molecule has 34 heavy (non-hydrogen) atoms. The molecule has 2 aliphatic rings. The van der Waals surface area contributed by atoms with Crippen LogP contribution in [0.1, 0.15) is 23.6 Å². The molecular weight excluding hydrogens is 462 g/mol. The van der Waals surface area contributed by atoms with Crippen LogP contribution in [0.25, 0.3) is 6.08 Å². The van der Waals surface area contributed by atoms with Crippen LogP contribution in [-0.2, 0) is 9.59 Å². The fourth-order valence-electron chi connectivity index (χ4n) is 3.83. The molecule has 1 saturated heterocycles. The van der Waals surface area contributed by atoms with Gasteiger partial charge in [0, 0.05) is 12.6 Å². The molecule has 3 aromatic carbocycles. The molecule has 1 spiro atoms. The van der Waals surface area contributed by atoms with Crippen LogP contribution in [0, 0.1) is 13.8 Å². The molecule has 1 unspecified atom stereocenters. The lowest BCUT2D eigenvalue weighted by atomic mass is 10.1. The van der Waals surface area contributed by atoms with Crippen molar-refractivity contribution in [3.8, 4) is 0 Å². The zero-order valence-corrected chi connectivity index (χ0v) is 20.7. The number of Topliss-reactive ketones (excluding diaryl/α,β-unsaturated/α-hetero) is 1. The number of amides is 1. The van der Waals surface area contributed by atoms with Crippen LogP contribution in [-0.4, -0.2) is 21.1 Å². The largest absolute Gasteiger partial charge is 0.292 e. The van der Waals surface area contributed by atoms with Crippen molar-refractivity contribution in [2.75, 3.05) is 9.91 Å². The number of anilines is 2. The molecule has 0 aliphatic carbocycles. The molecule has 2 heterocycles. The number of ketones is 1. The molecule has 2 aliphatic heterocycles. The van der Waals surface area contributed by atoms with Gasteiger partial charge >= 0.3 is 0 Å². The van der Waals surface area contributed by atoms with E-state index in [1.54, 1.807) is 9.91 Å². The zero-order chi connectivity index (χ0) is 23.9. The maximum atomic E-state index is 13.9. The normalized spacial score (nSPS) is 21.0. The van der Waals surface area contributed by atoms with E-state index < -0.39 is 4.33 Å². The number of rotatable bonds is 4. The number of hydrazone groups is 1. The first kappa shape index (κ1) is 22.5. The molecule has 1 fully saturated rings. The first-order chi connectivity index (χ1) is 16.4. The molecule has 170 valence electrons. The van der Waals surface area contributed by atoms with Crippen LogP contribution in [0.5, 0.6) is 0 Å². The summed E-state index contributed by atoms with van der Waals surface area (Å²) in [6.07, 6.45) is 1.91. The monoisotopic (exact) mass is 485 g/mol. The van der Waals surface area contributed by atoms with Gasteiger partial charge in [-0.1, -0.05) is 77.5 Å². The van der Waals surface area contributed by atoms with Crippen LogP contribution < -0.4 is 9.91 Å². The van der Waals surface area contributed by atoms with Crippen molar-refractivity contribution >= 4 is 57.7 Å². The summed E-state index contributed by atoms with van der Waals surface area (Å²) >= 11 is 2.73. The molecule has 5 nitrogen and oxygen atoms in total. The van der Waals surface area contributed by atoms with Gasteiger partial charge in [-0.3, -0.25) is 14.5 Å². The summed E-state index contributed by atoms with van der Waals surface area (Å²) in [5.41, 5.74) is 4.79. The van der Waals surface area contributed by atoms with E-state index in [-0.39, 0.29) is 11.7 Å². The van der Waals surface area contributed by atoms with Crippen LogP contribution in [0.3, 0.4) is 0 Å². The second-order valence-electron chi connectivity index (χ2n) is 8.26. The van der Waals surface area contributed by atoms with Gasteiger partial charge in [0.15, 0.2) is 10.8 Å². The molecule has 0 saturated carbocycles. The first-order valence-electron chi connectivity index (χ1n) is 10.9. The van der Waals surface area contributed by atoms with Crippen molar-refractivity contribution in [3.63, 3.8) is 0 Å². The Labute approximate surface area is 207 Å². The Kier molecular flexibility index (Phi) is 5.83. The average Bonchev–Trinajstić information content (AvgIpc) is 3.34. The molecule has 7 heteroatoms. The van der Waals surface area contributed by atoms with Crippen molar-refractivity contribution in [1.82, 2.24) is 0 Å². The summed E-state index contributed by atoms with van der Waals surface area (Å²) in [6.45, 7) is 5.57. The van der Waals surface area contributed by atoms with Gasteiger partial charge in [-0.25, -0.2) is 5.01 Å². The fraction of sp³-hybridized carbons (Fsp3) is 0.148. The zero-order valence-electron chi connectivity index (χ0n) is 19.1. The minimum atomic E-state index is -0.995. The highest BCUT2D eigenvalue weighted by molar-refractivity contribution is 8.29. The summed E-state index contributed by atoms with van der Waals surface area (Å²) in [7, 11) is 0. The van der Waals surface area contributed by atoms with Crippen LogP contribution in [0.2, 0.25) is 0 Å². The molecule has 1 atom stereocenters. The van der Waals surface area contributed by atoms with E-state index in [4.69, 9.17) is 5.10 Å². The number of aryl methyl sites for hydroxylation is 2. The third-order valence-corrected chi connectivity index (χ3v) is 8.41. The van der Waals surface area contributed by atoms with Gasteiger partial charge in [-0.2, -0.15) is 5.10 Å². The lowest BCUT2D eigenvalue weighted by Gasteiger charge is -2.38. The molecule has 0 bridgehead atoms. The lowest BCUT2D eigenvalue weighted by molar-refractivity contribution is -0.114. The molecule has 0 aromatic heterocycles. The summed E-state index contributed by atoms with van der Waals surface area (Å²) in [5.74, 6) is -0.252. The van der Waals surface area contributed by atoms with Gasteiger partial charge in [0.05, 0.1) is 10.6 Å². The lowest BCUT2D eigenvalue weighted by Crippen LogP contribution is -2.51. The summed E-state index contributed by atoms with van der Waals surface area (Å²) in [6, 6.07) is 25.6. The number of carbonyl (C=O) groups is 2. The molecule has 0 N–H and O–H groups in total. The first-order valence-corrected chi connectivity index (χ1v) is 12.5. The van der Waals surface area contributed by atoms with E-state index in [0.717, 1.165) is 28.1 Å². The highest BCUT2D eigenvalue weighted by Gasteiger charge is 2.59. The van der Waals surface area contributed by atoms with Crippen LogP contribution in [0.15, 0.2) is 88.9 Å². The minimum absolute atomic E-state index is 0.124. The van der Waals surface area contributed by atoms with Crippen LogP contribution >= 0.6 is 23.5 Å². The number of hydrogen-bond donors (Lipinski definition) is 0. The quantitative estimate of drug-likeness (QED) is 0.412. The standard InChI is InChI=1S/C27H23N3O2S2/c1-18-9-13-21(14-10-18)17-24-26(32)29(22-7-5-4-6-8-22)27(33-24)30(28-25(34-27)20(3)31)23-15-11-19(2)12-16-23/h4-17H,1-3H3. The van der Waals surface area contributed by atoms with Crippen molar-refractivity contribution in [2.45, 2.75) is 25.1 Å². The smallest absolute Gasteiger partial charge is 0.268 e. The van der Waals surface area contributed by atoms with E-state index in [2.05, 4.69) is 0 Å². The Morgan fingerprint density at radius 1 is 0.853 bits per heavy atom. The summed E-state index contributed by atoms with van der Waals surface area (Å²) in [5, 5.41) is 6.89. The van der Waals surface area contributed by atoms with Crippen LogP contribution in [0.4, 0.5) is 11.4 Å². The Morgan fingerprint density at radius 3 is 2.09 bits per heavy atom. The number of thioether (sulfide) groups is 2. The third-order valence-electron chi connectivity index (χ3n) is 5.60. The second-order valence-corrected chi connectivity index (χ2v) is 10.9. The Bertz CT molecular complexity index is 1320. The number of hydrogen-bond acceptors (Lipinski definition) is 6. The summed E-state index contributed by atoms with van der Waals surface area (Å²) in [4.78, 5) is 28.7. The average molecular weight is 486 g/mol. The predicted octanol–water partition coefficient (Wildman–Crippen LogP) is 6.19. The van der Waals surface area contributed by atoms with E-state index in [9.17, 15) is 9.59 Å². The second kappa shape index (κ2) is 8.81. The number of para-hydroxylation sites is 1. The van der Waals surface area contributed by atoms with E-state index in [0.29, 0.717) is 9.95 Å². The van der Waals surface area contributed by atoms with Gasteiger partial charge in [0.25, 0.3) is 5.91 Å². The third kappa shape index (κ3) is 3.95. The van der Waals surface area contributed by atoms with Gasteiger partial charge in [0.1, 0.15) is 0 Å². The predicted molar refractivity (Wildman–Crippen MR) is 143 cm³/mol. The molecule has 5 rings (SSSR count). The van der Waals surface area contributed by atoms with Gasteiger partial charge in [-0.15, -0.1) is 0 Å². The van der Waals surface area contributed by atoms with E-state index >= 15 is 0 Å². The van der Waals surface area contributed by atoms with Gasteiger partial charge < -0.3 is 0 Å². The topological polar surface area (TPSA) is 53.0 Å².